The maximum Gasteiger partial charge on any atom is 0.278 e. The number of nitrogens with zero attached hydrogens (tertiary/aromatic N) is 1. The number of hydrazine groups is 1. The standard InChI is InChI=1S/C16H13N3O/c1-8-7-9(2)14-12-13(8)17-16(20)11-6-4-3-5-10(11)15(12)19-18-14/h3-7,18-19H,1-2H3. The molecule has 0 bridgehead atoms. The quantitative estimate of drug-likeness (QED) is 0.654. The Morgan fingerprint density at radius 1 is 0.950 bits per heavy atom. The van der Waals surface area contributed by atoms with Crippen LogP contribution >= 0.6 is 0 Å². The van der Waals surface area contributed by atoms with Crippen LogP contribution in [-0.4, -0.2) is 4.98 Å². The van der Waals surface area contributed by atoms with Gasteiger partial charge in [-0.25, -0.2) is 4.98 Å². The Morgan fingerprint density at radius 3 is 2.45 bits per heavy atom. The second-order valence-corrected chi connectivity index (χ2v) is 5.20. The van der Waals surface area contributed by atoms with Gasteiger partial charge in [0, 0.05) is 5.39 Å². The highest BCUT2D eigenvalue weighted by Gasteiger charge is 2.20. The van der Waals surface area contributed by atoms with Crippen LogP contribution in [0.1, 0.15) is 11.1 Å². The van der Waals surface area contributed by atoms with Crippen LogP contribution in [0.5, 0.6) is 0 Å². The van der Waals surface area contributed by atoms with E-state index in [9.17, 15) is 4.79 Å². The van der Waals surface area contributed by atoms with Gasteiger partial charge in [-0.05, 0) is 31.0 Å². The summed E-state index contributed by atoms with van der Waals surface area (Å²) in [5, 5.41) is 2.54. The van der Waals surface area contributed by atoms with Crippen molar-refractivity contribution >= 4 is 33.1 Å². The molecule has 0 fully saturated rings. The normalized spacial score (nSPS) is 12.5. The summed E-state index contributed by atoms with van der Waals surface area (Å²) in [6.45, 7) is 4.05. The molecular weight excluding hydrogens is 250 g/mol. The van der Waals surface area contributed by atoms with Crippen LogP contribution in [0.2, 0.25) is 0 Å². The molecule has 0 saturated heterocycles. The number of aromatic nitrogens is 1. The zero-order valence-electron chi connectivity index (χ0n) is 11.2. The van der Waals surface area contributed by atoms with Crippen LogP contribution in [0, 0.1) is 13.8 Å². The second-order valence-electron chi connectivity index (χ2n) is 5.20. The van der Waals surface area contributed by atoms with Gasteiger partial charge >= 0.3 is 0 Å². The number of fused-ring (bicyclic) bond motifs is 2. The Balaban J connectivity index is 2.43. The molecule has 2 aromatic carbocycles. The minimum atomic E-state index is -0.182. The van der Waals surface area contributed by atoms with E-state index in [1.54, 1.807) is 0 Å². The van der Waals surface area contributed by atoms with Gasteiger partial charge < -0.3 is 0 Å². The Morgan fingerprint density at radius 2 is 1.65 bits per heavy atom. The van der Waals surface area contributed by atoms with Crippen LogP contribution in [0.3, 0.4) is 0 Å². The Kier molecular flexibility index (Phi) is 2.07. The van der Waals surface area contributed by atoms with Crippen LogP contribution in [0.25, 0.3) is 21.7 Å². The summed E-state index contributed by atoms with van der Waals surface area (Å²) in [5.74, 6) is 0. The minimum Gasteiger partial charge on any atom is -0.300 e. The van der Waals surface area contributed by atoms with Crippen molar-refractivity contribution < 1.29 is 0 Å². The van der Waals surface area contributed by atoms with Gasteiger partial charge in [0.1, 0.15) is 0 Å². The van der Waals surface area contributed by atoms with Gasteiger partial charge in [-0.15, -0.1) is 0 Å². The fourth-order valence-electron chi connectivity index (χ4n) is 2.97. The van der Waals surface area contributed by atoms with Crippen LogP contribution in [0.15, 0.2) is 35.1 Å². The molecule has 0 unspecified atom stereocenters. The first-order chi connectivity index (χ1) is 9.66. The molecule has 3 aromatic rings. The highest BCUT2D eigenvalue weighted by Crippen LogP contribution is 2.40. The fraction of sp³-hybridized carbons (Fsp3) is 0.125. The summed E-state index contributed by atoms with van der Waals surface area (Å²) in [4.78, 5) is 16.7. The van der Waals surface area contributed by atoms with E-state index in [-0.39, 0.29) is 5.56 Å². The summed E-state index contributed by atoms with van der Waals surface area (Å²) in [6.07, 6.45) is 0. The number of benzene rings is 2. The molecule has 98 valence electrons. The van der Waals surface area contributed by atoms with Crippen molar-refractivity contribution in [1.82, 2.24) is 4.98 Å². The Hall–Kier alpha value is -2.62. The molecule has 0 atom stereocenters. The lowest BCUT2D eigenvalue weighted by atomic mass is 10.0. The molecule has 0 radical (unpaired) electrons. The molecule has 4 heteroatoms. The van der Waals surface area contributed by atoms with Gasteiger partial charge in [-0.3, -0.25) is 15.6 Å². The topological polar surface area (TPSA) is 54.0 Å². The zero-order chi connectivity index (χ0) is 13.9. The van der Waals surface area contributed by atoms with Crippen molar-refractivity contribution in [1.29, 1.82) is 0 Å². The molecule has 0 aliphatic carbocycles. The Bertz CT molecular complexity index is 948. The van der Waals surface area contributed by atoms with E-state index in [1.807, 2.05) is 31.2 Å². The fourth-order valence-corrected chi connectivity index (χ4v) is 2.97. The molecule has 2 heterocycles. The monoisotopic (exact) mass is 263 g/mol. The summed E-state index contributed by atoms with van der Waals surface area (Å²) in [5.41, 5.74) is 11.1. The third-order valence-corrected chi connectivity index (χ3v) is 3.89. The first-order valence-corrected chi connectivity index (χ1v) is 6.56. The number of rotatable bonds is 0. The van der Waals surface area contributed by atoms with Crippen LogP contribution in [-0.2, 0) is 0 Å². The van der Waals surface area contributed by atoms with Crippen molar-refractivity contribution in [2.75, 3.05) is 10.9 Å². The lowest BCUT2D eigenvalue weighted by Crippen LogP contribution is -2.06. The number of nitrogens with one attached hydrogen (secondary N) is 2. The molecule has 0 saturated carbocycles. The van der Waals surface area contributed by atoms with Crippen LogP contribution < -0.4 is 16.4 Å². The summed E-state index contributed by atoms with van der Waals surface area (Å²) in [6, 6.07) is 9.63. The Labute approximate surface area is 115 Å². The molecule has 0 spiro atoms. The number of anilines is 2. The average Bonchev–Trinajstić information content (AvgIpc) is 2.83. The third-order valence-electron chi connectivity index (χ3n) is 3.89. The average molecular weight is 263 g/mol. The van der Waals surface area contributed by atoms with Gasteiger partial charge in [0.15, 0.2) is 0 Å². The molecule has 1 aliphatic heterocycles. The molecule has 0 amide bonds. The number of hydrogen-bond acceptors (Lipinski definition) is 4. The van der Waals surface area contributed by atoms with Gasteiger partial charge in [0.2, 0.25) is 0 Å². The first kappa shape index (κ1) is 11.2. The first-order valence-electron chi connectivity index (χ1n) is 6.56. The molecule has 20 heavy (non-hydrogen) atoms. The van der Waals surface area contributed by atoms with Crippen LogP contribution in [0.4, 0.5) is 11.4 Å². The SMILES string of the molecule is Cc1cc(C)c2nc(=O)c3ccccc3c3c2c1NN3. The number of hydrogen-bond donors (Lipinski definition) is 2. The minimum absolute atomic E-state index is 0.182. The molecule has 4 rings (SSSR count). The molecule has 4 nitrogen and oxygen atoms in total. The van der Waals surface area contributed by atoms with E-state index in [0.29, 0.717) is 5.39 Å². The van der Waals surface area contributed by atoms with E-state index >= 15 is 0 Å². The van der Waals surface area contributed by atoms with Crippen molar-refractivity contribution in [2.45, 2.75) is 13.8 Å². The highest BCUT2D eigenvalue weighted by atomic mass is 16.1. The molecule has 2 N–H and O–H groups in total. The summed E-state index contributed by atoms with van der Waals surface area (Å²) >= 11 is 0. The van der Waals surface area contributed by atoms with E-state index in [2.05, 4.69) is 28.8 Å². The van der Waals surface area contributed by atoms with Crippen molar-refractivity contribution in [2.24, 2.45) is 0 Å². The summed E-state index contributed by atoms with van der Waals surface area (Å²) in [7, 11) is 0. The maximum atomic E-state index is 12.4. The third kappa shape index (κ3) is 1.30. The molecule has 1 aromatic heterocycles. The van der Waals surface area contributed by atoms with Gasteiger partial charge in [0.05, 0.1) is 27.7 Å². The predicted octanol–water partition coefficient (Wildman–Crippen LogP) is 3.12. The lowest BCUT2D eigenvalue weighted by Gasteiger charge is -2.04. The van der Waals surface area contributed by atoms with E-state index in [4.69, 9.17) is 0 Å². The predicted molar refractivity (Wildman–Crippen MR) is 82.2 cm³/mol. The van der Waals surface area contributed by atoms with Crippen molar-refractivity contribution in [3.8, 4) is 0 Å². The van der Waals surface area contributed by atoms with Gasteiger partial charge in [0.25, 0.3) is 5.56 Å². The van der Waals surface area contributed by atoms with E-state index in [1.165, 1.54) is 0 Å². The van der Waals surface area contributed by atoms with Crippen molar-refractivity contribution in [3.05, 3.63) is 51.8 Å². The molecule has 1 aliphatic rings. The zero-order valence-corrected chi connectivity index (χ0v) is 11.2. The van der Waals surface area contributed by atoms with Gasteiger partial charge in [-0.2, -0.15) is 0 Å². The summed E-state index contributed by atoms with van der Waals surface area (Å²) < 4.78 is 0. The van der Waals surface area contributed by atoms with Crippen molar-refractivity contribution in [3.63, 3.8) is 0 Å². The van der Waals surface area contributed by atoms with E-state index in [0.717, 1.165) is 38.8 Å². The highest BCUT2D eigenvalue weighted by molar-refractivity contribution is 6.15. The number of aryl methyl sites for hydroxylation is 2. The molecular formula is C16H13N3O. The smallest absolute Gasteiger partial charge is 0.278 e. The van der Waals surface area contributed by atoms with E-state index < -0.39 is 0 Å². The lowest BCUT2D eigenvalue weighted by molar-refractivity contribution is 1.31. The largest absolute Gasteiger partial charge is 0.300 e. The maximum absolute atomic E-state index is 12.4. The van der Waals surface area contributed by atoms with Gasteiger partial charge in [-0.1, -0.05) is 24.3 Å². The second kappa shape index (κ2) is 3.70.